The van der Waals surface area contributed by atoms with E-state index in [1.807, 2.05) is 12.1 Å². The number of hydrogen-bond donors (Lipinski definition) is 1. The summed E-state index contributed by atoms with van der Waals surface area (Å²) in [5.74, 6) is 2.50. The highest BCUT2D eigenvalue weighted by molar-refractivity contribution is 5.31. The largest absolute Gasteiger partial charge is 0.490 e. The first kappa shape index (κ1) is 14.7. The molecule has 116 valence electrons. The first-order chi connectivity index (χ1) is 10.3. The molecule has 1 N–H and O–H groups in total. The number of hydrogen-bond acceptors (Lipinski definition) is 3. The average Bonchev–Trinajstić information content (AvgIpc) is 2.92. The molecule has 3 rings (SSSR count). The maximum absolute atomic E-state index is 6.18. The van der Waals surface area contributed by atoms with Gasteiger partial charge in [-0.3, -0.25) is 0 Å². The van der Waals surface area contributed by atoms with Crippen LogP contribution in [0.5, 0.6) is 11.5 Å². The van der Waals surface area contributed by atoms with Crippen LogP contribution in [0.2, 0.25) is 0 Å². The summed E-state index contributed by atoms with van der Waals surface area (Å²) >= 11 is 0. The van der Waals surface area contributed by atoms with Crippen LogP contribution < -0.4 is 14.8 Å². The lowest BCUT2D eigenvalue weighted by Crippen LogP contribution is -2.29. The average molecular weight is 289 g/mol. The molecular formula is C18H27NO2. The van der Waals surface area contributed by atoms with Gasteiger partial charge in [-0.15, -0.1) is 0 Å². The number of ether oxygens (including phenoxy) is 2. The normalized spacial score (nSPS) is 27.3. The summed E-state index contributed by atoms with van der Waals surface area (Å²) in [6, 6.07) is 8.20. The van der Waals surface area contributed by atoms with E-state index in [1.54, 1.807) is 0 Å². The van der Waals surface area contributed by atoms with Gasteiger partial charge in [0.15, 0.2) is 0 Å². The van der Waals surface area contributed by atoms with Gasteiger partial charge in [-0.2, -0.15) is 0 Å². The Morgan fingerprint density at radius 2 is 1.57 bits per heavy atom. The van der Waals surface area contributed by atoms with Crippen LogP contribution in [-0.4, -0.2) is 25.3 Å². The van der Waals surface area contributed by atoms with E-state index in [4.69, 9.17) is 9.47 Å². The molecule has 0 amide bonds. The highest BCUT2D eigenvalue weighted by Gasteiger charge is 2.21. The lowest BCUT2D eigenvalue weighted by Gasteiger charge is -2.23. The molecule has 1 aromatic carbocycles. The maximum atomic E-state index is 6.18. The monoisotopic (exact) mass is 289 g/mol. The van der Waals surface area contributed by atoms with Crippen LogP contribution in [0.25, 0.3) is 0 Å². The summed E-state index contributed by atoms with van der Waals surface area (Å²) in [4.78, 5) is 0. The van der Waals surface area contributed by atoms with Gasteiger partial charge < -0.3 is 14.8 Å². The Labute approximate surface area is 128 Å². The zero-order valence-corrected chi connectivity index (χ0v) is 13.0. The Bertz CT molecular complexity index is 425. The molecule has 2 unspecified atom stereocenters. The Morgan fingerprint density at radius 1 is 0.905 bits per heavy atom. The van der Waals surface area contributed by atoms with Crippen molar-refractivity contribution in [2.24, 2.45) is 5.92 Å². The molecule has 0 spiro atoms. The molecule has 1 aliphatic heterocycles. The fraction of sp³-hybridized carbons (Fsp3) is 0.667. The van der Waals surface area contributed by atoms with Crippen LogP contribution in [0.1, 0.15) is 45.4 Å². The predicted molar refractivity (Wildman–Crippen MR) is 85.0 cm³/mol. The van der Waals surface area contributed by atoms with Crippen molar-refractivity contribution in [3.8, 4) is 11.5 Å². The van der Waals surface area contributed by atoms with Gasteiger partial charge in [0, 0.05) is 12.5 Å². The van der Waals surface area contributed by atoms with Crippen molar-refractivity contribution in [1.29, 1.82) is 0 Å². The lowest BCUT2D eigenvalue weighted by molar-refractivity contribution is 0.140. The van der Waals surface area contributed by atoms with Crippen molar-refractivity contribution in [3.63, 3.8) is 0 Å². The van der Waals surface area contributed by atoms with E-state index >= 15 is 0 Å². The fourth-order valence-electron chi connectivity index (χ4n) is 3.32. The highest BCUT2D eigenvalue weighted by atomic mass is 16.5. The predicted octanol–water partition coefficient (Wildman–Crippen LogP) is 3.77. The Morgan fingerprint density at radius 3 is 2.29 bits per heavy atom. The summed E-state index contributed by atoms with van der Waals surface area (Å²) in [5.41, 5.74) is 0. The van der Waals surface area contributed by atoms with E-state index in [-0.39, 0.29) is 0 Å². The standard InChI is InChI=1S/C18H27NO2/c1-14-13-19-12-4-7-18(14)21-17-10-8-16(9-11-17)20-15-5-2-3-6-15/h8-11,14-15,18-19H,2-7,12-13H2,1H3. The van der Waals surface area contributed by atoms with Gasteiger partial charge in [0.05, 0.1) is 6.10 Å². The van der Waals surface area contributed by atoms with E-state index in [9.17, 15) is 0 Å². The summed E-state index contributed by atoms with van der Waals surface area (Å²) in [6.45, 7) is 4.42. The fourth-order valence-corrected chi connectivity index (χ4v) is 3.32. The molecule has 2 aliphatic rings. The first-order valence-electron chi connectivity index (χ1n) is 8.45. The quantitative estimate of drug-likeness (QED) is 0.915. The second-order valence-corrected chi connectivity index (χ2v) is 6.48. The van der Waals surface area contributed by atoms with Crippen molar-refractivity contribution in [2.45, 2.75) is 57.7 Å². The summed E-state index contributed by atoms with van der Waals surface area (Å²) in [7, 11) is 0. The highest BCUT2D eigenvalue weighted by Crippen LogP contribution is 2.27. The molecule has 1 aromatic rings. The third-order valence-electron chi connectivity index (χ3n) is 4.66. The van der Waals surface area contributed by atoms with Crippen molar-refractivity contribution in [3.05, 3.63) is 24.3 Å². The van der Waals surface area contributed by atoms with Crippen molar-refractivity contribution < 1.29 is 9.47 Å². The molecule has 1 aliphatic carbocycles. The third-order valence-corrected chi connectivity index (χ3v) is 4.66. The van der Waals surface area contributed by atoms with Crippen molar-refractivity contribution in [1.82, 2.24) is 5.32 Å². The van der Waals surface area contributed by atoms with Gasteiger partial charge >= 0.3 is 0 Å². The minimum absolute atomic E-state index is 0.321. The van der Waals surface area contributed by atoms with E-state index < -0.39 is 0 Å². The van der Waals surface area contributed by atoms with Crippen LogP contribution in [0.15, 0.2) is 24.3 Å². The van der Waals surface area contributed by atoms with Crippen molar-refractivity contribution in [2.75, 3.05) is 13.1 Å². The lowest BCUT2D eigenvalue weighted by atomic mass is 10.0. The zero-order valence-electron chi connectivity index (χ0n) is 13.0. The zero-order chi connectivity index (χ0) is 14.5. The number of rotatable bonds is 4. The molecule has 0 aromatic heterocycles. The van der Waals surface area contributed by atoms with Crippen LogP contribution in [0, 0.1) is 5.92 Å². The number of benzene rings is 1. The van der Waals surface area contributed by atoms with E-state index in [0.29, 0.717) is 18.1 Å². The van der Waals surface area contributed by atoms with Crippen LogP contribution >= 0.6 is 0 Å². The minimum atomic E-state index is 0.321. The van der Waals surface area contributed by atoms with Crippen LogP contribution in [-0.2, 0) is 0 Å². The third kappa shape index (κ3) is 4.13. The minimum Gasteiger partial charge on any atom is -0.490 e. The van der Waals surface area contributed by atoms with E-state index in [1.165, 1.54) is 32.1 Å². The van der Waals surface area contributed by atoms with E-state index in [0.717, 1.165) is 31.0 Å². The van der Waals surface area contributed by atoms with Gasteiger partial charge in [0.25, 0.3) is 0 Å². The van der Waals surface area contributed by atoms with Gasteiger partial charge in [0.1, 0.15) is 17.6 Å². The topological polar surface area (TPSA) is 30.5 Å². The van der Waals surface area contributed by atoms with Crippen LogP contribution in [0.4, 0.5) is 0 Å². The molecule has 1 heterocycles. The van der Waals surface area contributed by atoms with Gasteiger partial charge in [0.2, 0.25) is 0 Å². The molecule has 3 heteroatoms. The SMILES string of the molecule is CC1CNCCCC1Oc1ccc(OC2CCCC2)cc1. The molecule has 0 radical (unpaired) electrons. The molecule has 1 saturated carbocycles. The molecule has 2 fully saturated rings. The first-order valence-corrected chi connectivity index (χ1v) is 8.45. The maximum Gasteiger partial charge on any atom is 0.120 e. The second kappa shape index (κ2) is 7.17. The Kier molecular flexibility index (Phi) is 5.02. The van der Waals surface area contributed by atoms with Crippen LogP contribution in [0.3, 0.4) is 0 Å². The summed E-state index contributed by atoms with van der Waals surface area (Å²) < 4.78 is 12.2. The molecule has 3 nitrogen and oxygen atoms in total. The van der Waals surface area contributed by atoms with Gasteiger partial charge in [-0.05, 0) is 69.3 Å². The molecular weight excluding hydrogens is 262 g/mol. The Balaban J connectivity index is 1.55. The molecule has 0 bridgehead atoms. The smallest absolute Gasteiger partial charge is 0.120 e. The summed E-state index contributed by atoms with van der Waals surface area (Å²) in [5, 5.41) is 3.46. The Hall–Kier alpha value is -1.22. The molecule has 1 saturated heterocycles. The molecule has 2 atom stereocenters. The van der Waals surface area contributed by atoms with Gasteiger partial charge in [-0.25, -0.2) is 0 Å². The van der Waals surface area contributed by atoms with E-state index in [2.05, 4.69) is 24.4 Å². The van der Waals surface area contributed by atoms with Gasteiger partial charge in [-0.1, -0.05) is 6.92 Å². The molecule has 21 heavy (non-hydrogen) atoms. The number of nitrogens with one attached hydrogen (secondary N) is 1. The second-order valence-electron chi connectivity index (χ2n) is 6.48. The summed E-state index contributed by atoms with van der Waals surface area (Å²) in [6.07, 6.45) is 8.08. The van der Waals surface area contributed by atoms with Crippen molar-refractivity contribution >= 4 is 0 Å².